The lowest BCUT2D eigenvalue weighted by atomic mass is 9.79. The van der Waals surface area contributed by atoms with E-state index in [2.05, 4.69) is 5.32 Å². The Balaban J connectivity index is 1.91. The van der Waals surface area contributed by atoms with Crippen molar-refractivity contribution in [3.8, 4) is 0 Å². The average Bonchev–Trinajstić information content (AvgIpc) is 2.50. The number of ether oxygens (including phenoxy) is 1. The molecular formula is C18H27NO3. The van der Waals surface area contributed by atoms with E-state index in [1.165, 1.54) is 0 Å². The van der Waals surface area contributed by atoms with Crippen molar-refractivity contribution in [3.63, 3.8) is 0 Å². The van der Waals surface area contributed by atoms with Crippen molar-refractivity contribution in [2.24, 2.45) is 11.3 Å². The molecular weight excluding hydrogens is 278 g/mol. The first-order valence-electron chi connectivity index (χ1n) is 8.10. The van der Waals surface area contributed by atoms with Gasteiger partial charge in [0.2, 0.25) is 5.91 Å². The lowest BCUT2D eigenvalue weighted by Gasteiger charge is -2.30. The van der Waals surface area contributed by atoms with Gasteiger partial charge in [0.15, 0.2) is 0 Å². The number of aliphatic hydroxyl groups is 1. The van der Waals surface area contributed by atoms with Crippen LogP contribution in [-0.4, -0.2) is 30.8 Å². The van der Waals surface area contributed by atoms with Crippen LogP contribution in [0.4, 0.5) is 5.69 Å². The standard InChI is InChI=1S/C18H27NO3/c1-18(2,13-15-8-11-22-12-9-15)17(21)19-16-5-3-14(4-6-16)7-10-20/h3-6,15,20H,7-13H2,1-2H3,(H,19,21). The summed E-state index contributed by atoms with van der Waals surface area (Å²) in [5, 5.41) is 11.9. The Morgan fingerprint density at radius 2 is 1.91 bits per heavy atom. The molecule has 4 heteroatoms. The molecule has 122 valence electrons. The summed E-state index contributed by atoms with van der Waals surface area (Å²) in [6, 6.07) is 7.68. The van der Waals surface area contributed by atoms with Crippen LogP contribution in [0.15, 0.2) is 24.3 Å². The summed E-state index contributed by atoms with van der Waals surface area (Å²) in [6.45, 7) is 5.79. The molecule has 2 N–H and O–H groups in total. The Bertz CT molecular complexity index is 476. The van der Waals surface area contributed by atoms with Gasteiger partial charge in [-0.15, -0.1) is 0 Å². The second kappa shape index (κ2) is 7.75. The van der Waals surface area contributed by atoms with Crippen LogP contribution in [0.3, 0.4) is 0 Å². The highest BCUT2D eigenvalue weighted by Crippen LogP contribution is 2.32. The lowest BCUT2D eigenvalue weighted by Crippen LogP contribution is -2.34. The number of benzene rings is 1. The number of nitrogens with one attached hydrogen (secondary N) is 1. The predicted octanol–water partition coefficient (Wildman–Crippen LogP) is 3.00. The topological polar surface area (TPSA) is 58.6 Å². The number of hydrogen-bond donors (Lipinski definition) is 2. The Morgan fingerprint density at radius 1 is 1.27 bits per heavy atom. The number of aliphatic hydroxyl groups excluding tert-OH is 1. The zero-order valence-corrected chi connectivity index (χ0v) is 13.6. The lowest BCUT2D eigenvalue weighted by molar-refractivity contribution is -0.125. The van der Waals surface area contributed by atoms with Gasteiger partial charge in [0.1, 0.15) is 0 Å². The molecule has 0 aromatic heterocycles. The maximum absolute atomic E-state index is 12.5. The van der Waals surface area contributed by atoms with Gasteiger partial charge in [0.25, 0.3) is 0 Å². The largest absolute Gasteiger partial charge is 0.396 e. The van der Waals surface area contributed by atoms with Gasteiger partial charge >= 0.3 is 0 Å². The van der Waals surface area contributed by atoms with Crippen LogP contribution in [-0.2, 0) is 16.0 Å². The van der Waals surface area contributed by atoms with Crippen LogP contribution in [0.25, 0.3) is 0 Å². The molecule has 0 aliphatic carbocycles. The fourth-order valence-corrected chi connectivity index (χ4v) is 2.95. The molecule has 0 spiro atoms. The average molecular weight is 305 g/mol. The quantitative estimate of drug-likeness (QED) is 0.849. The molecule has 1 aromatic rings. The molecule has 1 aliphatic heterocycles. The number of amides is 1. The summed E-state index contributed by atoms with van der Waals surface area (Å²) in [5.74, 6) is 0.635. The van der Waals surface area contributed by atoms with Gasteiger partial charge in [-0.2, -0.15) is 0 Å². The first-order chi connectivity index (χ1) is 10.5. The number of anilines is 1. The molecule has 22 heavy (non-hydrogen) atoms. The second-order valence-electron chi connectivity index (χ2n) is 6.77. The van der Waals surface area contributed by atoms with Crippen molar-refractivity contribution in [2.75, 3.05) is 25.1 Å². The van der Waals surface area contributed by atoms with Crippen LogP contribution in [0.2, 0.25) is 0 Å². The third-order valence-corrected chi connectivity index (χ3v) is 4.37. The van der Waals surface area contributed by atoms with Crippen molar-refractivity contribution < 1.29 is 14.6 Å². The second-order valence-corrected chi connectivity index (χ2v) is 6.77. The van der Waals surface area contributed by atoms with E-state index < -0.39 is 0 Å². The van der Waals surface area contributed by atoms with E-state index >= 15 is 0 Å². The molecule has 1 amide bonds. The van der Waals surface area contributed by atoms with Gasteiger partial charge in [-0.05, 0) is 49.3 Å². The Morgan fingerprint density at radius 3 is 2.50 bits per heavy atom. The molecule has 1 saturated heterocycles. The van der Waals surface area contributed by atoms with E-state index in [1.807, 2.05) is 38.1 Å². The third-order valence-electron chi connectivity index (χ3n) is 4.37. The molecule has 0 unspecified atom stereocenters. The van der Waals surface area contributed by atoms with Crippen LogP contribution in [0.1, 0.15) is 38.7 Å². The van der Waals surface area contributed by atoms with Gasteiger partial charge in [-0.1, -0.05) is 26.0 Å². The van der Waals surface area contributed by atoms with E-state index in [0.29, 0.717) is 12.3 Å². The number of rotatable bonds is 6. The SMILES string of the molecule is CC(C)(CC1CCOCC1)C(=O)Nc1ccc(CCO)cc1. The third kappa shape index (κ3) is 4.82. The molecule has 1 aliphatic rings. The molecule has 1 heterocycles. The highest BCUT2D eigenvalue weighted by atomic mass is 16.5. The minimum Gasteiger partial charge on any atom is -0.396 e. The smallest absolute Gasteiger partial charge is 0.230 e. The summed E-state index contributed by atoms with van der Waals surface area (Å²) in [6.07, 6.45) is 3.63. The first-order valence-corrected chi connectivity index (χ1v) is 8.10. The van der Waals surface area contributed by atoms with Crippen molar-refractivity contribution >= 4 is 11.6 Å². The van der Waals surface area contributed by atoms with E-state index in [0.717, 1.165) is 43.7 Å². The van der Waals surface area contributed by atoms with E-state index in [-0.39, 0.29) is 17.9 Å². The van der Waals surface area contributed by atoms with E-state index in [4.69, 9.17) is 9.84 Å². The Kier molecular flexibility index (Phi) is 5.98. The van der Waals surface area contributed by atoms with Gasteiger partial charge in [0, 0.05) is 30.9 Å². The van der Waals surface area contributed by atoms with Crippen molar-refractivity contribution in [1.82, 2.24) is 0 Å². The molecule has 0 radical (unpaired) electrons. The first kappa shape index (κ1) is 17.0. The normalized spacial score (nSPS) is 16.5. The van der Waals surface area contributed by atoms with Gasteiger partial charge < -0.3 is 15.2 Å². The molecule has 0 bridgehead atoms. The number of hydrogen-bond acceptors (Lipinski definition) is 3. The van der Waals surface area contributed by atoms with Crippen molar-refractivity contribution in [2.45, 2.75) is 39.5 Å². The number of carbonyl (C=O) groups excluding carboxylic acids is 1. The van der Waals surface area contributed by atoms with Gasteiger partial charge in [-0.3, -0.25) is 4.79 Å². The summed E-state index contributed by atoms with van der Waals surface area (Å²) in [4.78, 5) is 12.5. The summed E-state index contributed by atoms with van der Waals surface area (Å²) in [7, 11) is 0. The van der Waals surface area contributed by atoms with Gasteiger partial charge in [0.05, 0.1) is 0 Å². The minimum atomic E-state index is -0.383. The maximum atomic E-state index is 12.5. The highest BCUT2D eigenvalue weighted by Gasteiger charge is 2.31. The Labute approximate surface area is 132 Å². The molecule has 1 fully saturated rings. The fraction of sp³-hybridized carbons (Fsp3) is 0.611. The van der Waals surface area contributed by atoms with Crippen LogP contribution in [0.5, 0.6) is 0 Å². The van der Waals surface area contributed by atoms with Crippen LogP contribution < -0.4 is 5.32 Å². The minimum absolute atomic E-state index is 0.0638. The van der Waals surface area contributed by atoms with Gasteiger partial charge in [-0.25, -0.2) is 0 Å². The summed E-state index contributed by atoms with van der Waals surface area (Å²) >= 11 is 0. The van der Waals surface area contributed by atoms with Crippen molar-refractivity contribution in [1.29, 1.82) is 0 Å². The Hall–Kier alpha value is -1.39. The zero-order valence-electron chi connectivity index (χ0n) is 13.6. The van der Waals surface area contributed by atoms with Crippen LogP contribution in [0, 0.1) is 11.3 Å². The molecule has 1 aromatic carbocycles. The number of carbonyl (C=O) groups is 1. The van der Waals surface area contributed by atoms with E-state index in [9.17, 15) is 4.79 Å². The van der Waals surface area contributed by atoms with Crippen LogP contribution >= 0.6 is 0 Å². The zero-order chi connectivity index (χ0) is 16.0. The molecule has 0 atom stereocenters. The molecule has 2 rings (SSSR count). The van der Waals surface area contributed by atoms with E-state index in [1.54, 1.807) is 0 Å². The predicted molar refractivity (Wildman–Crippen MR) is 87.8 cm³/mol. The summed E-state index contributed by atoms with van der Waals surface area (Å²) in [5.41, 5.74) is 1.50. The van der Waals surface area contributed by atoms with Crippen molar-refractivity contribution in [3.05, 3.63) is 29.8 Å². The molecule has 4 nitrogen and oxygen atoms in total. The monoisotopic (exact) mass is 305 g/mol. The highest BCUT2D eigenvalue weighted by molar-refractivity contribution is 5.94. The summed E-state index contributed by atoms with van der Waals surface area (Å²) < 4.78 is 5.38. The maximum Gasteiger partial charge on any atom is 0.230 e. The molecule has 0 saturated carbocycles. The fourth-order valence-electron chi connectivity index (χ4n) is 2.95.